The maximum Gasteiger partial charge on any atom is 0.319 e. The van der Waals surface area contributed by atoms with Gasteiger partial charge in [-0.25, -0.2) is 4.79 Å². The van der Waals surface area contributed by atoms with Crippen LogP contribution in [0.4, 0.5) is 10.5 Å². The minimum absolute atomic E-state index is 0.243. The molecule has 0 spiro atoms. The van der Waals surface area contributed by atoms with Gasteiger partial charge in [-0.1, -0.05) is 29.8 Å². The van der Waals surface area contributed by atoms with Gasteiger partial charge in [0, 0.05) is 24.2 Å². The number of carbonyl (C=O) groups is 1. The molecule has 2 N–H and O–H groups in total. The van der Waals surface area contributed by atoms with E-state index in [1.807, 2.05) is 19.1 Å². The first-order chi connectivity index (χ1) is 10.4. The number of benzene rings is 1. The summed E-state index contributed by atoms with van der Waals surface area (Å²) in [5, 5.41) is 5.64. The summed E-state index contributed by atoms with van der Waals surface area (Å²) in [6, 6.07) is 3.51. The van der Waals surface area contributed by atoms with E-state index in [1.165, 1.54) is 0 Å². The summed E-state index contributed by atoms with van der Waals surface area (Å²) in [5.74, 6) is 1.16. The first-order valence-corrected chi connectivity index (χ1v) is 8.20. The molecule has 5 nitrogen and oxygen atoms in total. The second-order valence-electron chi connectivity index (χ2n) is 5.50. The predicted octanol–water partition coefficient (Wildman–Crippen LogP) is 3.95. The van der Waals surface area contributed by atoms with Crippen molar-refractivity contribution in [2.24, 2.45) is 5.92 Å². The highest BCUT2D eigenvalue weighted by atomic mass is 79.9. The van der Waals surface area contributed by atoms with Crippen molar-refractivity contribution >= 4 is 27.6 Å². The van der Waals surface area contributed by atoms with E-state index in [0.717, 1.165) is 23.1 Å². The summed E-state index contributed by atoms with van der Waals surface area (Å²) in [5.41, 5.74) is 1.61. The van der Waals surface area contributed by atoms with Crippen molar-refractivity contribution in [1.82, 2.24) is 5.32 Å². The van der Waals surface area contributed by atoms with Crippen LogP contribution in [0, 0.1) is 12.8 Å². The molecule has 0 aliphatic carbocycles. The summed E-state index contributed by atoms with van der Waals surface area (Å²) < 4.78 is 11.7. The molecule has 0 saturated carbocycles. The van der Waals surface area contributed by atoms with E-state index in [9.17, 15) is 4.79 Å². The van der Waals surface area contributed by atoms with Gasteiger partial charge >= 0.3 is 6.03 Å². The van der Waals surface area contributed by atoms with Crippen LogP contribution in [0.1, 0.15) is 25.8 Å². The maximum atomic E-state index is 11.9. The SMILES string of the molecule is COc1cc(Br)cc(C)c1NC(=O)NCCCOCC(C)C. The molecule has 0 fully saturated rings. The van der Waals surface area contributed by atoms with Crippen LogP contribution in [0.5, 0.6) is 5.75 Å². The lowest BCUT2D eigenvalue weighted by atomic mass is 10.2. The first kappa shape index (κ1) is 18.8. The number of amides is 2. The Hall–Kier alpha value is -1.27. The molecule has 0 aliphatic heterocycles. The Bertz CT molecular complexity index is 493. The molecular formula is C16H25BrN2O3. The van der Waals surface area contributed by atoms with Crippen LogP contribution in [0.25, 0.3) is 0 Å². The second kappa shape index (κ2) is 9.69. The van der Waals surface area contributed by atoms with Gasteiger partial charge in [0.2, 0.25) is 0 Å². The number of urea groups is 1. The molecule has 1 aromatic rings. The highest BCUT2D eigenvalue weighted by molar-refractivity contribution is 9.10. The van der Waals surface area contributed by atoms with E-state index >= 15 is 0 Å². The highest BCUT2D eigenvalue weighted by Crippen LogP contribution is 2.31. The van der Waals surface area contributed by atoms with Crippen molar-refractivity contribution < 1.29 is 14.3 Å². The average molecular weight is 373 g/mol. The van der Waals surface area contributed by atoms with E-state index in [4.69, 9.17) is 9.47 Å². The molecule has 0 radical (unpaired) electrons. The summed E-state index contributed by atoms with van der Waals surface area (Å²) in [4.78, 5) is 11.9. The Morgan fingerprint density at radius 3 is 2.73 bits per heavy atom. The number of nitrogens with one attached hydrogen (secondary N) is 2. The number of rotatable bonds is 8. The summed E-state index contributed by atoms with van der Waals surface area (Å²) in [6.45, 7) is 8.12. The third kappa shape index (κ3) is 6.66. The van der Waals surface area contributed by atoms with Crippen molar-refractivity contribution in [1.29, 1.82) is 0 Å². The predicted molar refractivity (Wildman–Crippen MR) is 92.7 cm³/mol. The van der Waals surface area contributed by atoms with Crippen molar-refractivity contribution in [3.63, 3.8) is 0 Å². The molecule has 0 heterocycles. The van der Waals surface area contributed by atoms with Gasteiger partial charge in [0.1, 0.15) is 5.75 Å². The Morgan fingerprint density at radius 1 is 1.36 bits per heavy atom. The van der Waals surface area contributed by atoms with Crippen molar-refractivity contribution in [2.45, 2.75) is 27.2 Å². The largest absolute Gasteiger partial charge is 0.495 e. The molecule has 124 valence electrons. The number of anilines is 1. The number of halogens is 1. The molecule has 0 saturated heterocycles. The molecule has 0 bridgehead atoms. The molecule has 0 atom stereocenters. The van der Waals surface area contributed by atoms with Gasteiger partial charge in [0.05, 0.1) is 12.8 Å². The summed E-state index contributed by atoms with van der Waals surface area (Å²) in [7, 11) is 1.58. The maximum absolute atomic E-state index is 11.9. The van der Waals surface area contributed by atoms with Gasteiger partial charge in [0.25, 0.3) is 0 Å². The number of hydrogen-bond donors (Lipinski definition) is 2. The lowest BCUT2D eigenvalue weighted by Crippen LogP contribution is -2.30. The third-order valence-electron chi connectivity index (χ3n) is 2.92. The fourth-order valence-electron chi connectivity index (χ4n) is 1.89. The minimum atomic E-state index is -0.243. The smallest absolute Gasteiger partial charge is 0.319 e. The fourth-order valence-corrected chi connectivity index (χ4v) is 2.44. The molecule has 6 heteroatoms. The summed E-state index contributed by atoms with van der Waals surface area (Å²) in [6.07, 6.45) is 0.788. The van der Waals surface area contributed by atoms with E-state index < -0.39 is 0 Å². The number of carbonyl (C=O) groups excluding carboxylic acids is 1. The van der Waals surface area contributed by atoms with Gasteiger partial charge in [-0.05, 0) is 37.0 Å². The number of methoxy groups -OCH3 is 1. The molecule has 22 heavy (non-hydrogen) atoms. The van der Waals surface area contributed by atoms with Crippen molar-refractivity contribution in [3.8, 4) is 5.75 Å². The van der Waals surface area contributed by atoms with Crippen LogP contribution in [0.3, 0.4) is 0 Å². The molecule has 0 aromatic heterocycles. The first-order valence-electron chi connectivity index (χ1n) is 7.40. The quantitative estimate of drug-likeness (QED) is 0.679. The fraction of sp³-hybridized carbons (Fsp3) is 0.562. The minimum Gasteiger partial charge on any atom is -0.495 e. The van der Waals surface area contributed by atoms with Crippen LogP contribution in [0.15, 0.2) is 16.6 Å². The third-order valence-corrected chi connectivity index (χ3v) is 3.38. The zero-order valence-corrected chi connectivity index (χ0v) is 15.2. The molecule has 1 rings (SSSR count). The average Bonchev–Trinajstić information content (AvgIpc) is 2.44. The number of ether oxygens (including phenoxy) is 2. The molecule has 0 aliphatic rings. The Labute approximate surface area is 140 Å². The van der Waals surface area contributed by atoms with Crippen LogP contribution >= 0.6 is 15.9 Å². The van der Waals surface area contributed by atoms with Gasteiger partial charge in [-0.15, -0.1) is 0 Å². The van der Waals surface area contributed by atoms with Crippen molar-refractivity contribution in [3.05, 3.63) is 22.2 Å². The molecular weight excluding hydrogens is 348 g/mol. The number of hydrogen-bond acceptors (Lipinski definition) is 3. The Balaban J connectivity index is 2.39. The normalized spacial score (nSPS) is 10.6. The van der Waals surface area contributed by atoms with E-state index in [2.05, 4.69) is 40.4 Å². The Kier molecular flexibility index (Phi) is 8.27. The van der Waals surface area contributed by atoms with Gasteiger partial charge in [0.15, 0.2) is 0 Å². The highest BCUT2D eigenvalue weighted by Gasteiger charge is 2.11. The van der Waals surface area contributed by atoms with Gasteiger partial charge in [-0.2, -0.15) is 0 Å². The van der Waals surface area contributed by atoms with Crippen LogP contribution in [-0.4, -0.2) is 32.9 Å². The van der Waals surface area contributed by atoms with Gasteiger partial charge in [-0.3, -0.25) is 0 Å². The van der Waals surface area contributed by atoms with E-state index in [1.54, 1.807) is 7.11 Å². The zero-order chi connectivity index (χ0) is 16.5. The molecule has 1 aromatic carbocycles. The van der Waals surface area contributed by atoms with Crippen LogP contribution in [0.2, 0.25) is 0 Å². The summed E-state index contributed by atoms with van der Waals surface area (Å²) >= 11 is 3.41. The van der Waals surface area contributed by atoms with Gasteiger partial charge < -0.3 is 20.1 Å². The van der Waals surface area contributed by atoms with E-state index in [0.29, 0.717) is 30.5 Å². The van der Waals surface area contributed by atoms with Crippen LogP contribution in [-0.2, 0) is 4.74 Å². The monoisotopic (exact) mass is 372 g/mol. The topological polar surface area (TPSA) is 59.6 Å². The standard InChI is InChI=1S/C16H25BrN2O3/c1-11(2)10-22-7-5-6-18-16(20)19-15-12(3)8-13(17)9-14(15)21-4/h8-9,11H,5-7,10H2,1-4H3,(H2,18,19,20). The zero-order valence-electron chi connectivity index (χ0n) is 13.7. The van der Waals surface area contributed by atoms with Crippen molar-refractivity contribution in [2.75, 3.05) is 32.2 Å². The molecule has 2 amide bonds. The van der Waals surface area contributed by atoms with Crippen LogP contribution < -0.4 is 15.4 Å². The molecule has 0 unspecified atom stereocenters. The number of aryl methyl sites for hydroxylation is 1. The second-order valence-corrected chi connectivity index (χ2v) is 6.42. The lowest BCUT2D eigenvalue weighted by Gasteiger charge is -2.14. The van der Waals surface area contributed by atoms with E-state index in [-0.39, 0.29) is 6.03 Å². The lowest BCUT2D eigenvalue weighted by molar-refractivity contribution is 0.108. The Morgan fingerprint density at radius 2 is 2.09 bits per heavy atom.